The lowest BCUT2D eigenvalue weighted by molar-refractivity contribution is -0.139. The fourth-order valence-corrected chi connectivity index (χ4v) is 1.59. The SMILES string of the molecule is CCCC(C(=O)O)c1nc(OC)ncc1Cl. The first kappa shape index (κ1) is 12.7. The van der Waals surface area contributed by atoms with E-state index in [4.69, 9.17) is 21.4 Å². The summed E-state index contributed by atoms with van der Waals surface area (Å²) in [7, 11) is 1.42. The summed E-state index contributed by atoms with van der Waals surface area (Å²) >= 11 is 5.88. The predicted octanol–water partition coefficient (Wildman–Crippen LogP) is 2.11. The van der Waals surface area contributed by atoms with Crippen molar-refractivity contribution in [3.05, 3.63) is 16.9 Å². The maximum Gasteiger partial charge on any atom is 0.316 e. The highest BCUT2D eigenvalue weighted by molar-refractivity contribution is 6.31. The Balaban J connectivity index is 3.11. The molecule has 0 aliphatic heterocycles. The Morgan fingerprint density at radius 3 is 2.88 bits per heavy atom. The lowest BCUT2D eigenvalue weighted by Crippen LogP contribution is -2.14. The van der Waals surface area contributed by atoms with E-state index in [1.165, 1.54) is 13.3 Å². The number of carboxylic acid groups (broad SMARTS) is 1. The van der Waals surface area contributed by atoms with Gasteiger partial charge in [0.1, 0.15) is 5.92 Å². The van der Waals surface area contributed by atoms with E-state index in [1.807, 2.05) is 6.92 Å². The number of carbonyl (C=O) groups is 1. The Bertz CT molecular complexity index is 384. The number of nitrogens with zero attached hydrogens (tertiary/aromatic N) is 2. The van der Waals surface area contributed by atoms with E-state index in [2.05, 4.69) is 9.97 Å². The summed E-state index contributed by atoms with van der Waals surface area (Å²) in [6.45, 7) is 1.91. The molecule has 1 aromatic heterocycles. The van der Waals surface area contributed by atoms with E-state index >= 15 is 0 Å². The van der Waals surface area contributed by atoms with Crippen molar-refractivity contribution in [2.24, 2.45) is 0 Å². The van der Waals surface area contributed by atoms with Crippen LogP contribution in [0.15, 0.2) is 6.20 Å². The first-order valence-corrected chi connectivity index (χ1v) is 5.27. The van der Waals surface area contributed by atoms with Gasteiger partial charge >= 0.3 is 12.0 Å². The number of hydrogen-bond donors (Lipinski definition) is 1. The Kier molecular flexibility index (Phi) is 4.49. The largest absolute Gasteiger partial charge is 0.481 e. The maximum absolute atomic E-state index is 11.1. The van der Waals surface area contributed by atoms with Gasteiger partial charge in [0.15, 0.2) is 0 Å². The van der Waals surface area contributed by atoms with Crippen molar-refractivity contribution in [2.45, 2.75) is 25.7 Å². The minimum atomic E-state index is -0.940. The summed E-state index contributed by atoms with van der Waals surface area (Å²) in [5.41, 5.74) is 0.308. The molecule has 6 heteroatoms. The molecule has 1 aromatic rings. The lowest BCUT2D eigenvalue weighted by atomic mass is 10.00. The molecule has 0 aliphatic rings. The Morgan fingerprint density at radius 2 is 2.38 bits per heavy atom. The van der Waals surface area contributed by atoms with Crippen LogP contribution in [0.1, 0.15) is 31.4 Å². The van der Waals surface area contributed by atoms with E-state index in [9.17, 15) is 4.79 Å². The molecule has 5 nitrogen and oxygen atoms in total. The summed E-state index contributed by atoms with van der Waals surface area (Å²) in [6.07, 6.45) is 2.57. The number of hydrogen-bond acceptors (Lipinski definition) is 4. The number of methoxy groups -OCH3 is 1. The van der Waals surface area contributed by atoms with Crippen molar-refractivity contribution < 1.29 is 14.6 Å². The Hall–Kier alpha value is -1.36. The number of ether oxygens (including phenoxy) is 1. The molecule has 1 atom stereocenters. The van der Waals surface area contributed by atoms with Gasteiger partial charge in [-0.05, 0) is 6.42 Å². The van der Waals surface area contributed by atoms with Crippen molar-refractivity contribution in [3.63, 3.8) is 0 Å². The second-order valence-corrected chi connectivity index (χ2v) is 3.68. The van der Waals surface area contributed by atoms with Crippen molar-refractivity contribution in [3.8, 4) is 6.01 Å². The third-order valence-electron chi connectivity index (χ3n) is 2.14. The Labute approximate surface area is 98.4 Å². The predicted molar refractivity (Wildman–Crippen MR) is 58.9 cm³/mol. The van der Waals surface area contributed by atoms with Gasteiger partial charge < -0.3 is 9.84 Å². The summed E-state index contributed by atoms with van der Waals surface area (Å²) in [6, 6.07) is 0.127. The summed E-state index contributed by atoms with van der Waals surface area (Å²) in [5.74, 6) is -1.65. The van der Waals surface area contributed by atoms with Crippen LogP contribution < -0.4 is 4.74 Å². The minimum absolute atomic E-state index is 0.127. The van der Waals surface area contributed by atoms with Crippen LogP contribution in [0, 0.1) is 0 Å². The van der Waals surface area contributed by atoms with Crippen LogP contribution in [0.25, 0.3) is 0 Å². The van der Waals surface area contributed by atoms with E-state index in [1.54, 1.807) is 0 Å². The molecule has 0 radical (unpaired) electrons. The normalized spacial score (nSPS) is 12.2. The molecule has 0 saturated heterocycles. The van der Waals surface area contributed by atoms with Crippen molar-refractivity contribution in [2.75, 3.05) is 7.11 Å². The van der Waals surface area contributed by atoms with Gasteiger partial charge in [-0.15, -0.1) is 0 Å². The monoisotopic (exact) mass is 244 g/mol. The van der Waals surface area contributed by atoms with Gasteiger partial charge in [-0.25, -0.2) is 4.98 Å². The number of halogens is 1. The molecule has 16 heavy (non-hydrogen) atoms. The van der Waals surface area contributed by atoms with E-state index in [-0.39, 0.29) is 11.0 Å². The molecular weight excluding hydrogens is 232 g/mol. The molecule has 0 aromatic carbocycles. The third-order valence-corrected chi connectivity index (χ3v) is 2.43. The van der Waals surface area contributed by atoms with Gasteiger partial charge in [-0.2, -0.15) is 4.98 Å². The van der Waals surface area contributed by atoms with Crippen LogP contribution in [0.3, 0.4) is 0 Å². The zero-order valence-electron chi connectivity index (χ0n) is 9.11. The zero-order valence-corrected chi connectivity index (χ0v) is 9.86. The average molecular weight is 245 g/mol. The standard InChI is InChI=1S/C10H13ClN2O3/c1-3-4-6(9(14)15)8-7(11)5-12-10(13-8)16-2/h5-6H,3-4H2,1-2H3,(H,14,15). The molecule has 1 N–H and O–H groups in total. The molecule has 0 bridgehead atoms. The van der Waals surface area contributed by atoms with Crippen LogP contribution in [0.5, 0.6) is 6.01 Å². The molecule has 88 valence electrons. The van der Waals surface area contributed by atoms with E-state index < -0.39 is 11.9 Å². The number of carboxylic acids is 1. The lowest BCUT2D eigenvalue weighted by Gasteiger charge is -2.12. The van der Waals surface area contributed by atoms with Crippen molar-refractivity contribution >= 4 is 17.6 Å². The highest BCUT2D eigenvalue weighted by Crippen LogP contribution is 2.27. The zero-order chi connectivity index (χ0) is 12.1. The minimum Gasteiger partial charge on any atom is -0.481 e. The molecule has 0 aliphatic carbocycles. The molecule has 0 saturated carbocycles. The third kappa shape index (κ3) is 2.82. The average Bonchev–Trinajstić information content (AvgIpc) is 2.27. The van der Waals surface area contributed by atoms with E-state index in [0.717, 1.165) is 6.42 Å². The summed E-state index contributed by atoms with van der Waals surface area (Å²) in [5, 5.41) is 9.34. The molecule has 1 heterocycles. The molecule has 0 amide bonds. The Morgan fingerprint density at radius 1 is 1.69 bits per heavy atom. The quantitative estimate of drug-likeness (QED) is 0.859. The van der Waals surface area contributed by atoms with Crippen LogP contribution >= 0.6 is 11.6 Å². The molecular formula is C10H13ClN2O3. The smallest absolute Gasteiger partial charge is 0.316 e. The van der Waals surface area contributed by atoms with Crippen molar-refractivity contribution in [1.29, 1.82) is 0 Å². The number of rotatable bonds is 5. The number of aromatic nitrogens is 2. The highest BCUT2D eigenvalue weighted by Gasteiger charge is 2.24. The fraction of sp³-hybridized carbons (Fsp3) is 0.500. The van der Waals surface area contributed by atoms with Gasteiger partial charge in [-0.1, -0.05) is 24.9 Å². The van der Waals surface area contributed by atoms with Gasteiger partial charge in [-0.3, -0.25) is 4.79 Å². The van der Waals surface area contributed by atoms with Crippen molar-refractivity contribution in [1.82, 2.24) is 9.97 Å². The topological polar surface area (TPSA) is 72.3 Å². The van der Waals surface area contributed by atoms with Crippen LogP contribution in [0.4, 0.5) is 0 Å². The molecule has 1 rings (SSSR count). The van der Waals surface area contributed by atoms with Gasteiger partial charge in [0.05, 0.1) is 24.0 Å². The van der Waals surface area contributed by atoms with Crippen LogP contribution in [0.2, 0.25) is 5.02 Å². The summed E-state index contributed by atoms with van der Waals surface area (Å²) < 4.78 is 4.84. The summed E-state index contributed by atoms with van der Waals surface area (Å²) in [4.78, 5) is 18.9. The van der Waals surface area contributed by atoms with Gasteiger partial charge in [0, 0.05) is 0 Å². The number of aliphatic carboxylic acids is 1. The van der Waals surface area contributed by atoms with Crippen LogP contribution in [-0.4, -0.2) is 28.2 Å². The van der Waals surface area contributed by atoms with E-state index in [0.29, 0.717) is 12.1 Å². The second kappa shape index (κ2) is 5.65. The maximum atomic E-state index is 11.1. The van der Waals surface area contributed by atoms with Gasteiger partial charge in [0.2, 0.25) is 0 Å². The highest BCUT2D eigenvalue weighted by atomic mass is 35.5. The molecule has 0 fully saturated rings. The first-order chi connectivity index (χ1) is 7.60. The molecule has 0 spiro atoms. The second-order valence-electron chi connectivity index (χ2n) is 3.27. The first-order valence-electron chi connectivity index (χ1n) is 4.89. The van der Waals surface area contributed by atoms with Gasteiger partial charge in [0.25, 0.3) is 0 Å². The molecule has 1 unspecified atom stereocenters. The fourth-order valence-electron chi connectivity index (χ4n) is 1.37. The van der Waals surface area contributed by atoms with Crippen LogP contribution in [-0.2, 0) is 4.79 Å².